The molecule has 0 aromatic heterocycles. The first-order valence-electron chi connectivity index (χ1n) is 12.6. The van der Waals surface area contributed by atoms with Gasteiger partial charge < -0.3 is 15.3 Å². The van der Waals surface area contributed by atoms with Gasteiger partial charge in [-0.15, -0.1) is 0 Å². The van der Waals surface area contributed by atoms with Crippen LogP contribution in [0.2, 0.25) is 0 Å². The van der Waals surface area contributed by atoms with Crippen LogP contribution in [0.5, 0.6) is 0 Å². The molecule has 3 aromatic carbocycles. The van der Waals surface area contributed by atoms with Gasteiger partial charge in [0.05, 0.1) is 6.10 Å². The van der Waals surface area contributed by atoms with Crippen LogP contribution in [-0.4, -0.2) is 35.5 Å². The topological polar surface area (TPSA) is 52.6 Å². The lowest BCUT2D eigenvalue weighted by Gasteiger charge is -2.35. The van der Waals surface area contributed by atoms with Crippen LogP contribution in [0.15, 0.2) is 78.9 Å². The van der Waals surface area contributed by atoms with Crippen molar-refractivity contribution in [2.75, 3.05) is 25.0 Å². The second kappa shape index (κ2) is 10.5. The molecule has 2 N–H and O–H groups in total. The minimum atomic E-state index is -0.447. The lowest BCUT2D eigenvalue weighted by atomic mass is 9.79. The largest absolute Gasteiger partial charge is 0.388 e. The molecule has 1 saturated heterocycles. The summed E-state index contributed by atoms with van der Waals surface area (Å²) in [6.07, 6.45) is 4.89. The second-order valence-corrected chi connectivity index (χ2v) is 9.79. The van der Waals surface area contributed by atoms with E-state index in [9.17, 15) is 9.90 Å². The molecule has 1 aliphatic carbocycles. The standard InChI is InChI=1S/C30H34N2O2/c33-29-24(17-20-32-18-15-23(16-19-32)22-7-3-1-4-8-22)11-12-25-21-26(13-14-28(25)29)30(34)31-27-9-5-2-6-10-27/h1-10,13-14,21,23-24,29,33H,11-12,15-20H2,(H,31,34)/t24-,29-/m1/s1. The van der Waals surface area contributed by atoms with E-state index in [-0.39, 0.29) is 11.8 Å². The molecule has 4 nitrogen and oxygen atoms in total. The number of aliphatic hydroxyl groups is 1. The van der Waals surface area contributed by atoms with Crippen molar-refractivity contribution in [3.05, 3.63) is 101 Å². The Hall–Kier alpha value is -2.95. The van der Waals surface area contributed by atoms with Gasteiger partial charge in [0, 0.05) is 11.3 Å². The molecule has 176 valence electrons. The first kappa shape index (κ1) is 22.8. The molecule has 1 fully saturated rings. The minimum absolute atomic E-state index is 0.107. The number of aliphatic hydroxyl groups excluding tert-OH is 1. The molecule has 34 heavy (non-hydrogen) atoms. The number of para-hydroxylation sites is 1. The van der Waals surface area contributed by atoms with E-state index < -0.39 is 6.10 Å². The summed E-state index contributed by atoms with van der Waals surface area (Å²) in [6.45, 7) is 3.33. The highest BCUT2D eigenvalue weighted by Gasteiger charge is 2.29. The van der Waals surface area contributed by atoms with Crippen molar-refractivity contribution in [3.8, 4) is 0 Å². The quantitative estimate of drug-likeness (QED) is 0.495. The second-order valence-electron chi connectivity index (χ2n) is 9.79. The van der Waals surface area contributed by atoms with Gasteiger partial charge in [0.25, 0.3) is 5.91 Å². The van der Waals surface area contributed by atoms with Gasteiger partial charge in [-0.25, -0.2) is 0 Å². The number of fused-ring (bicyclic) bond motifs is 1. The van der Waals surface area contributed by atoms with E-state index in [0.29, 0.717) is 11.5 Å². The van der Waals surface area contributed by atoms with Crippen molar-refractivity contribution >= 4 is 11.6 Å². The summed E-state index contributed by atoms with van der Waals surface area (Å²) in [5.74, 6) is 0.853. The van der Waals surface area contributed by atoms with Crippen LogP contribution in [0.25, 0.3) is 0 Å². The van der Waals surface area contributed by atoms with Crippen LogP contribution in [0.1, 0.15) is 64.8 Å². The van der Waals surface area contributed by atoms with E-state index in [1.54, 1.807) is 0 Å². The van der Waals surface area contributed by atoms with Gasteiger partial charge in [-0.2, -0.15) is 0 Å². The van der Waals surface area contributed by atoms with Crippen LogP contribution < -0.4 is 5.32 Å². The molecule has 5 rings (SSSR count). The third-order valence-electron chi connectivity index (χ3n) is 7.66. The molecule has 0 radical (unpaired) electrons. The first-order chi connectivity index (χ1) is 16.7. The normalized spacial score (nSPS) is 21.1. The Bertz CT molecular complexity index is 1090. The number of aryl methyl sites for hydroxylation is 1. The maximum absolute atomic E-state index is 12.7. The van der Waals surface area contributed by atoms with Crippen LogP contribution in [-0.2, 0) is 6.42 Å². The van der Waals surface area contributed by atoms with Crippen LogP contribution >= 0.6 is 0 Å². The zero-order valence-corrected chi connectivity index (χ0v) is 19.7. The molecule has 0 spiro atoms. The van der Waals surface area contributed by atoms with Crippen LogP contribution in [0, 0.1) is 5.92 Å². The zero-order valence-electron chi connectivity index (χ0n) is 19.7. The molecule has 0 unspecified atom stereocenters. The third kappa shape index (κ3) is 5.24. The summed E-state index contributed by atoms with van der Waals surface area (Å²) in [5.41, 5.74) is 5.01. The van der Waals surface area contributed by atoms with Crippen molar-refractivity contribution in [1.29, 1.82) is 0 Å². The van der Waals surface area contributed by atoms with Gasteiger partial charge in [0.1, 0.15) is 0 Å². The predicted octanol–water partition coefficient (Wildman–Crippen LogP) is 5.80. The number of hydrogen-bond donors (Lipinski definition) is 2. The average molecular weight is 455 g/mol. The van der Waals surface area contributed by atoms with Crippen molar-refractivity contribution in [2.24, 2.45) is 5.92 Å². The molecule has 1 aliphatic heterocycles. The molecule has 4 heteroatoms. The fraction of sp³-hybridized carbons (Fsp3) is 0.367. The van der Waals surface area contributed by atoms with Crippen molar-refractivity contribution < 1.29 is 9.90 Å². The van der Waals surface area contributed by atoms with E-state index in [2.05, 4.69) is 40.5 Å². The number of nitrogens with one attached hydrogen (secondary N) is 1. The number of anilines is 1. The summed E-state index contributed by atoms with van der Waals surface area (Å²) in [6, 6.07) is 26.2. The van der Waals surface area contributed by atoms with E-state index in [4.69, 9.17) is 0 Å². The van der Waals surface area contributed by atoms with Gasteiger partial charge >= 0.3 is 0 Å². The maximum atomic E-state index is 12.7. The fourth-order valence-electron chi connectivity index (χ4n) is 5.60. The maximum Gasteiger partial charge on any atom is 0.255 e. The monoisotopic (exact) mass is 454 g/mol. The predicted molar refractivity (Wildman–Crippen MR) is 137 cm³/mol. The van der Waals surface area contributed by atoms with Crippen LogP contribution in [0.3, 0.4) is 0 Å². The highest BCUT2D eigenvalue weighted by molar-refractivity contribution is 6.04. The molecule has 0 bridgehead atoms. The number of likely N-dealkylation sites (tertiary alicyclic amines) is 1. The van der Waals surface area contributed by atoms with Gasteiger partial charge in [-0.3, -0.25) is 4.79 Å². The summed E-state index contributed by atoms with van der Waals surface area (Å²) >= 11 is 0. The lowest BCUT2D eigenvalue weighted by molar-refractivity contribution is 0.0771. The number of amides is 1. The zero-order chi connectivity index (χ0) is 23.3. The van der Waals surface area contributed by atoms with Crippen molar-refractivity contribution in [1.82, 2.24) is 4.90 Å². The number of benzene rings is 3. The lowest BCUT2D eigenvalue weighted by Crippen LogP contribution is -2.35. The molecular formula is C30H34N2O2. The smallest absolute Gasteiger partial charge is 0.255 e. The number of carbonyl (C=O) groups excluding carboxylic acids is 1. The molecule has 1 amide bonds. The summed E-state index contributed by atoms with van der Waals surface area (Å²) in [4.78, 5) is 15.2. The number of piperidine rings is 1. The SMILES string of the molecule is O=C(Nc1ccccc1)c1ccc2c(c1)CC[C@H](CCN1CCC(c3ccccc3)CC1)[C@H]2O. The van der Waals surface area contributed by atoms with E-state index in [1.165, 1.54) is 18.4 Å². The van der Waals surface area contributed by atoms with Gasteiger partial charge in [-0.05, 0) is 105 Å². The molecule has 2 atom stereocenters. The Labute approximate surface area is 202 Å². The van der Waals surface area contributed by atoms with E-state index in [1.807, 2.05) is 48.5 Å². The Kier molecular flexibility index (Phi) is 7.08. The van der Waals surface area contributed by atoms with Gasteiger partial charge in [0.2, 0.25) is 0 Å². The van der Waals surface area contributed by atoms with E-state index >= 15 is 0 Å². The van der Waals surface area contributed by atoms with Crippen molar-refractivity contribution in [2.45, 2.75) is 44.1 Å². The Balaban J connectivity index is 1.14. The summed E-state index contributed by atoms with van der Waals surface area (Å²) in [7, 11) is 0. The molecule has 3 aromatic rings. The Morgan fingerprint density at radius 2 is 1.62 bits per heavy atom. The fourth-order valence-corrected chi connectivity index (χ4v) is 5.60. The van der Waals surface area contributed by atoms with E-state index in [0.717, 1.165) is 55.7 Å². The number of rotatable bonds is 6. The summed E-state index contributed by atoms with van der Waals surface area (Å²) in [5, 5.41) is 14.0. The molecule has 1 heterocycles. The molecule has 0 saturated carbocycles. The summed E-state index contributed by atoms with van der Waals surface area (Å²) < 4.78 is 0. The first-order valence-corrected chi connectivity index (χ1v) is 12.6. The van der Waals surface area contributed by atoms with Crippen LogP contribution in [0.4, 0.5) is 5.69 Å². The number of nitrogens with zero attached hydrogens (tertiary/aromatic N) is 1. The molecule has 2 aliphatic rings. The van der Waals surface area contributed by atoms with Gasteiger partial charge in [-0.1, -0.05) is 54.6 Å². The number of carbonyl (C=O) groups is 1. The Morgan fingerprint density at radius 1 is 0.912 bits per heavy atom. The highest BCUT2D eigenvalue weighted by Crippen LogP contribution is 2.37. The Morgan fingerprint density at radius 3 is 2.35 bits per heavy atom. The van der Waals surface area contributed by atoms with Gasteiger partial charge in [0.15, 0.2) is 0 Å². The highest BCUT2D eigenvalue weighted by atomic mass is 16.3. The minimum Gasteiger partial charge on any atom is -0.388 e. The number of hydrogen-bond acceptors (Lipinski definition) is 3. The third-order valence-corrected chi connectivity index (χ3v) is 7.66. The molecular weight excluding hydrogens is 420 g/mol. The average Bonchev–Trinajstić information content (AvgIpc) is 2.89. The van der Waals surface area contributed by atoms with Crippen molar-refractivity contribution in [3.63, 3.8) is 0 Å².